The summed E-state index contributed by atoms with van der Waals surface area (Å²) in [5.74, 6) is 1.01. The molecule has 4 nitrogen and oxygen atoms in total. The first-order valence-electron chi connectivity index (χ1n) is 6.33. The molecule has 3 rings (SSSR count). The summed E-state index contributed by atoms with van der Waals surface area (Å²) in [4.78, 5) is 8.65. The summed E-state index contributed by atoms with van der Waals surface area (Å²) in [6.07, 6.45) is 1.73. The molecular formula is C16H14N2O2. The van der Waals surface area contributed by atoms with E-state index in [1.165, 1.54) is 0 Å². The minimum atomic E-state index is 0.451. The van der Waals surface area contributed by atoms with Gasteiger partial charge in [0.25, 0.3) is 0 Å². The summed E-state index contributed by atoms with van der Waals surface area (Å²) >= 11 is 0. The first-order chi connectivity index (χ1) is 9.86. The van der Waals surface area contributed by atoms with E-state index in [2.05, 4.69) is 9.97 Å². The summed E-state index contributed by atoms with van der Waals surface area (Å²) in [5, 5.41) is 0.947. The van der Waals surface area contributed by atoms with Crippen LogP contribution in [-0.4, -0.2) is 17.1 Å². The SMILES string of the molecule is COc1cc2cccnc2c(OCc2ccccc2)n1. The first kappa shape index (κ1) is 12.4. The number of ether oxygens (including phenoxy) is 2. The van der Waals surface area contributed by atoms with Crippen molar-refractivity contribution in [3.8, 4) is 11.8 Å². The molecule has 0 bridgehead atoms. The van der Waals surface area contributed by atoms with Crippen LogP contribution in [0.2, 0.25) is 0 Å². The van der Waals surface area contributed by atoms with Gasteiger partial charge in [-0.25, -0.2) is 0 Å². The predicted molar refractivity (Wildman–Crippen MR) is 76.9 cm³/mol. The van der Waals surface area contributed by atoms with E-state index in [1.54, 1.807) is 13.3 Å². The highest BCUT2D eigenvalue weighted by Crippen LogP contribution is 2.26. The third kappa shape index (κ3) is 2.54. The minimum absolute atomic E-state index is 0.451. The molecule has 0 atom stereocenters. The quantitative estimate of drug-likeness (QED) is 0.727. The average Bonchev–Trinajstić information content (AvgIpc) is 2.53. The van der Waals surface area contributed by atoms with Crippen molar-refractivity contribution < 1.29 is 9.47 Å². The molecule has 2 aromatic heterocycles. The van der Waals surface area contributed by atoms with Crippen molar-refractivity contribution in [3.05, 3.63) is 60.3 Å². The number of aromatic nitrogens is 2. The fraction of sp³-hybridized carbons (Fsp3) is 0.125. The number of hydrogen-bond donors (Lipinski definition) is 0. The molecule has 0 saturated carbocycles. The van der Waals surface area contributed by atoms with Crippen molar-refractivity contribution in [1.29, 1.82) is 0 Å². The molecule has 0 fully saturated rings. The molecule has 0 aliphatic heterocycles. The van der Waals surface area contributed by atoms with Crippen molar-refractivity contribution in [2.24, 2.45) is 0 Å². The van der Waals surface area contributed by atoms with Crippen LogP contribution in [-0.2, 0) is 6.61 Å². The van der Waals surface area contributed by atoms with Gasteiger partial charge >= 0.3 is 0 Å². The smallest absolute Gasteiger partial charge is 0.244 e. The number of pyridine rings is 2. The van der Waals surface area contributed by atoms with Crippen LogP contribution in [0.5, 0.6) is 11.8 Å². The van der Waals surface area contributed by atoms with E-state index < -0.39 is 0 Å². The van der Waals surface area contributed by atoms with Gasteiger partial charge in [-0.15, -0.1) is 0 Å². The maximum absolute atomic E-state index is 5.79. The molecule has 0 N–H and O–H groups in total. The fourth-order valence-electron chi connectivity index (χ4n) is 1.96. The van der Waals surface area contributed by atoms with Crippen molar-refractivity contribution in [2.45, 2.75) is 6.61 Å². The van der Waals surface area contributed by atoms with E-state index in [-0.39, 0.29) is 0 Å². The maximum Gasteiger partial charge on any atom is 0.244 e. The van der Waals surface area contributed by atoms with Crippen molar-refractivity contribution in [2.75, 3.05) is 7.11 Å². The molecular weight excluding hydrogens is 252 g/mol. The van der Waals surface area contributed by atoms with E-state index in [1.807, 2.05) is 48.5 Å². The zero-order chi connectivity index (χ0) is 13.8. The maximum atomic E-state index is 5.79. The molecule has 0 spiro atoms. The normalized spacial score (nSPS) is 10.4. The van der Waals surface area contributed by atoms with Gasteiger partial charge in [0, 0.05) is 17.6 Å². The van der Waals surface area contributed by atoms with Gasteiger partial charge in [0.15, 0.2) is 0 Å². The zero-order valence-corrected chi connectivity index (χ0v) is 11.1. The Morgan fingerprint density at radius 3 is 2.70 bits per heavy atom. The van der Waals surface area contributed by atoms with E-state index in [0.717, 1.165) is 16.5 Å². The Balaban J connectivity index is 1.93. The largest absolute Gasteiger partial charge is 0.481 e. The second-order valence-electron chi connectivity index (χ2n) is 4.32. The van der Waals surface area contributed by atoms with E-state index >= 15 is 0 Å². The lowest BCUT2D eigenvalue weighted by Gasteiger charge is -2.09. The fourth-order valence-corrected chi connectivity index (χ4v) is 1.96. The van der Waals surface area contributed by atoms with Gasteiger partial charge < -0.3 is 9.47 Å². The molecule has 3 aromatic rings. The number of methoxy groups -OCH3 is 1. The first-order valence-corrected chi connectivity index (χ1v) is 6.33. The van der Waals surface area contributed by atoms with Crippen molar-refractivity contribution in [3.63, 3.8) is 0 Å². The summed E-state index contributed by atoms with van der Waals surface area (Å²) in [7, 11) is 1.59. The van der Waals surface area contributed by atoms with Crippen LogP contribution in [0.3, 0.4) is 0 Å². The summed E-state index contributed by atoms with van der Waals surface area (Å²) in [6.45, 7) is 0.451. The minimum Gasteiger partial charge on any atom is -0.481 e. The van der Waals surface area contributed by atoms with Gasteiger partial charge in [-0.1, -0.05) is 36.4 Å². The number of benzene rings is 1. The molecule has 2 heterocycles. The Kier molecular flexibility index (Phi) is 3.46. The van der Waals surface area contributed by atoms with Gasteiger partial charge in [-0.2, -0.15) is 4.98 Å². The third-order valence-corrected chi connectivity index (χ3v) is 2.96. The van der Waals surface area contributed by atoms with Gasteiger partial charge in [0.2, 0.25) is 11.8 Å². The molecule has 0 radical (unpaired) electrons. The Labute approximate surface area is 117 Å². The monoisotopic (exact) mass is 266 g/mol. The Morgan fingerprint density at radius 2 is 1.90 bits per heavy atom. The molecule has 0 saturated heterocycles. The Morgan fingerprint density at radius 1 is 1.05 bits per heavy atom. The van der Waals surface area contributed by atoms with E-state index in [4.69, 9.17) is 9.47 Å². The standard InChI is InChI=1S/C16H14N2O2/c1-19-14-10-13-8-5-9-17-15(13)16(18-14)20-11-12-6-3-2-4-7-12/h2-10H,11H2,1H3. The summed E-state index contributed by atoms with van der Waals surface area (Å²) in [6, 6.07) is 15.6. The lowest BCUT2D eigenvalue weighted by molar-refractivity contribution is 0.290. The number of rotatable bonds is 4. The van der Waals surface area contributed by atoms with Crippen LogP contribution in [0.4, 0.5) is 0 Å². The van der Waals surface area contributed by atoms with Crippen LogP contribution in [0.1, 0.15) is 5.56 Å². The highest BCUT2D eigenvalue weighted by atomic mass is 16.5. The molecule has 0 unspecified atom stereocenters. The predicted octanol–water partition coefficient (Wildman–Crippen LogP) is 3.22. The van der Waals surface area contributed by atoms with Gasteiger partial charge in [0.05, 0.1) is 7.11 Å². The lowest BCUT2D eigenvalue weighted by atomic mass is 10.2. The molecule has 0 aliphatic carbocycles. The zero-order valence-electron chi connectivity index (χ0n) is 11.1. The molecule has 1 aromatic carbocycles. The van der Waals surface area contributed by atoms with E-state index in [9.17, 15) is 0 Å². The summed E-state index contributed by atoms with van der Waals surface area (Å²) < 4.78 is 11.0. The molecule has 4 heteroatoms. The van der Waals surface area contributed by atoms with Crippen LogP contribution in [0, 0.1) is 0 Å². The van der Waals surface area contributed by atoms with Gasteiger partial charge in [-0.3, -0.25) is 4.98 Å². The Bertz CT molecular complexity index is 714. The van der Waals surface area contributed by atoms with Gasteiger partial charge in [0.1, 0.15) is 12.1 Å². The second kappa shape index (κ2) is 5.57. The lowest BCUT2D eigenvalue weighted by Crippen LogP contribution is -2.00. The highest BCUT2D eigenvalue weighted by Gasteiger charge is 2.08. The molecule has 0 amide bonds. The molecule has 20 heavy (non-hydrogen) atoms. The topological polar surface area (TPSA) is 44.2 Å². The highest BCUT2D eigenvalue weighted by molar-refractivity contribution is 5.83. The number of nitrogens with zero attached hydrogens (tertiary/aromatic N) is 2. The van der Waals surface area contributed by atoms with Crippen LogP contribution in [0.25, 0.3) is 10.9 Å². The van der Waals surface area contributed by atoms with Crippen LogP contribution >= 0.6 is 0 Å². The average molecular weight is 266 g/mol. The van der Waals surface area contributed by atoms with Crippen molar-refractivity contribution >= 4 is 10.9 Å². The van der Waals surface area contributed by atoms with Crippen LogP contribution < -0.4 is 9.47 Å². The molecule has 100 valence electrons. The van der Waals surface area contributed by atoms with E-state index in [0.29, 0.717) is 18.4 Å². The third-order valence-electron chi connectivity index (χ3n) is 2.96. The molecule has 0 aliphatic rings. The number of fused-ring (bicyclic) bond motifs is 1. The van der Waals surface area contributed by atoms with Crippen LogP contribution in [0.15, 0.2) is 54.7 Å². The summed E-state index contributed by atoms with van der Waals surface area (Å²) in [5.41, 5.74) is 1.82. The second-order valence-corrected chi connectivity index (χ2v) is 4.32. The van der Waals surface area contributed by atoms with Gasteiger partial charge in [-0.05, 0) is 11.6 Å². The number of hydrogen-bond acceptors (Lipinski definition) is 4. The van der Waals surface area contributed by atoms with Crippen molar-refractivity contribution in [1.82, 2.24) is 9.97 Å². The Hall–Kier alpha value is -2.62.